The largest absolute Gasteiger partial charge is 0.397 e. The van der Waals surface area contributed by atoms with Crippen LogP contribution in [-0.2, 0) is 0 Å². The van der Waals surface area contributed by atoms with Gasteiger partial charge in [0.1, 0.15) is 0 Å². The lowest BCUT2D eigenvalue weighted by Crippen LogP contribution is -2.40. The molecule has 102 valence electrons. The van der Waals surface area contributed by atoms with Gasteiger partial charge in [-0.05, 0) is 37.9 Å². The summed E-state index contributed by atoms with van der Waals surface area (Å²) in [5, 5.41) is 0. The lowest BCUT2D eigenvalue weighted by atomic mass is 10.2. The molecule has 0 bridgehead atoms. The van der Waals surface area contributed by atoms with Crippen molar-refractivity contribution in [2.45, 2.75) is 25.3 Å². The van der Waals surface area contributed by atoms with Crippen LogP contribution < -0.4 is 5.73 Å². The van der Waals surface area contributed by atoms with Gasteiger partial charge in [-0.3, -0.25) is 9.69 Å². The van der Waals surface area contributed by atoms with Gasteiger partial charge < -0.3 is 10.6 Å². The Morgan fingerprint density at radius 3 is 3.00 bits per heavy atom. The maximum Gasteiger partial charge on any atom is 0.274 e. The van der Waals surface area contributed by atoms with Crippen molar-refractivity contribution in [2.75, 3.05) is 31.9 Å². The van der Waals surface area contributed by atoms with E-state index in [1.165, 1.54) is 19.4 Å². The number of hydrogen-bond acceptors (Lipinski definition) is 4. The van der Waals surface area contributed by atoms with E-state index in [4.69, 9.17) is 5.73 Å². The molecule has 3 heterocycles. The van der Waals surface area contributed by atoms with Gasteiger partial charge in [-0.1, -0.05) is 0 Å². The monoisotopic (exact) mass is 260 g/mol. The van der Waals surface area contributed by atoms with Crippen LogP contribution in [0.4, 0.5) is 5.69 Å². The van der Waals surface area contributed by atoms with Gasteiger partial charge in [-0.25, -0.2) is 4.98 Å². The number of amides is 1. The van der Waals surface area contributed by atoms with Crippen LogP contribution in [0.5, 0.6) is 0 Å². The van der Waals surface area contributed by atoms with E-state index in [0.29, 0.717) is 17.4 Å². The molecule has 1 atom stereocenters. The van der Waals surface area contributed by atoms with E-state index >= 15 is 0 Å². The van der Waals surface area contributed by atoms with Gasteiger partial charge in [0.25, 0.3) is 5.91 Å². The van der Waals surface area contributed by atoms with E-state index in [1.807, 2.05) is 4.90 Å². The number of anilines is 1. The van der Waals surface area contributed by atoms with Crippen molar-refractivity contribution in [2.24, 2.45) is 0 Å². The number of carbonyl (C=O) groups is 1. The Labute approximate surface area is 113 Å². The van der Waals surface area contributed by atoms with E-state index in [0.717, 1.165) is 26.1 Å². The number of hydrogen-bond donors (Lipinski definition) is 1. The fourth-order valence-corrected chi connectivity index (χ4v) is 3.14. The first-order valence-corrected chi connectivity index (χ1v) is 6.99. The van der Waals surface area contributed by atoms with Crippen LogP contribution in [0.1, 0.15) is 29.8 Å². The van der Waals surface area contributed by atoms with Crippen LogP contribution in [0.25, 0.3) is 0 Å². The summed E-state index contributed by atoms with van der Waals surface area (Å²) in [6, 6.07) is 4.02. The van der Waals surface area contributed by atoms with E-state index in [1.54, 1.807) is 18.3 Å². The van der Waals surface area contributed by atoms with Gasteiger partial charge >= 0.3 is 0 Å². The molecule has 0 spiro atoms. The summed E-state index contributed by atoms with van der Waals surface area (Å²) in [6.07, 6.45) is 5.11. The molecule has 2 saturated heterocycles. The van der Waals surface area contributed by atoms with E-state index < -0.39 is 0 Å². The average molecular weight is 260 g/mol. The molecule has 1 amide bonds. The first kappa shape index (κ1) is 12.4. The molecule has 1 aromatic heterocycles. The predicted octanol–water partition coefficient (Wildman–Crippen LogP) is 0.974. The molecular weight excluding hydrogens is 240 g/mol. The minimum absolute atomic E-state index is 0.0214. The molecule has 19 heavy (non-hydrogen) atoms. The van der Waals surface area contributed by atoms with Gasteiger partial charge in [0.05, 0.1) is 5.69 Å². The second-order valence-corrected chi connectivity index (χ2v) is 5.38. The lowest BCUT2D eigenvalue weighted by Gasteiger charge is -2.25. The van der Waals surface area contributed by atoms with Crippen molar-refractivity contribution in [1.29, 1.82) is 0 Å². The number of carbonyl (C=O) groups excluding carboxylic acids is 1. The van der Waals surface area contributed by atoms with Crippen molar-refractivity contribution in [1.82, 2.24) is 14.8 Å². The summed E-state index contributed by atoms with van der Waals surface area (Å²) in [7, 11) is 0. The third kappa shape index (κ3) is 2.42. The van der Waals surface area contributed by atoms with Crippen molar-refractivity contribution in [3.8, 4) is 0 Å². The standard InChI is InChI=1S/C14H20N4O/c15-12-5-1-6-16-13(12)14(19)18-9-3-8-17-7-2-4-11(17)10-18/h1,5-6,11H,2-4,7-10,15H2. The average Bonchev–Trinajstić information content (AvgIpc) is 2.76. The molecule has 2 N–H and O–H groups in total. The molecule has 1 aromatic rings. The summed E-state index contributed by atoms with van der Waals surface area (Å²) in [5.41, 5.74) is 6.72. The Kier molecular flexibility index (Phi) is 3.38. The highest BCUT2D eigenvalue weighted by Crippen LogP contribution is 2.22. The molecule has 2 aliphatic rings. The minimum Gasteiger partial charge on any atom is -0.397 e. The fraction of sp³-hybridized carbons (Fsp3) is 0.571. The number of nitrogens with zero attached hydrogens (tertiary/aromatic N) is 3. The minimum atomic E-state index is -0.0214. The number of nitrogens with two attached hydrogens (primary N) is 1. The molecule has 2 fully saturated rings. The summed E-state index contributed by atoms with van der Waals surface area (Å²) in [6.45, 7) is 3.90. The van der Waals surface area contributed by atoms with E-state index in [9.17, 15) is 4.79 Å². The zero-order valence-corrected chi connectivity index (χ0v) is 11.1. The molecule has 0 radical (unpaired) electrons. The fourth-order valence-electron chi connectivity index (χ4n) is 3.14. The highest BCUT2D eigenvalue weighted by Gasteiger charge is 2.31. The Bertz CT molecular complexity index is 476. The molecule has 1 unspecified atom stereocenters. The normalized spacial score (nSPS) is 24.0. The Balaban J connectivity index is 1.78. The van der Waals surface area contributed by atoms with Crippen LogP contribution >= 0.6 is 0 Å². The van der Waals surface area contributed by atoms with E-state index in [-0.39, 0.29) is 5.91 Å². The van der Waals surface area contributed by atoms with Crippen LogP contribution in [-0.4, -0.2) is 52.9 Å². The Morgan fingerprint density at radius 2 is 2.16 bits per heavy atom. The molecule has 0 aliphatic carbocycles. The molecule has 0 saturated carbocycles. The molecule has 5 nitrogen and oxygen atoms in total. The smallest absolute Gasteiger partial charge is 0.274 e. The maximum atomic E-state index is 12.5. The van der Waals surface area contributed by atoms with Crippen LogP contribution in [0.2, 0.25) is 0 Å². The van der Waals surface area contributed by atoms with Crippen molar-refractivity contribution in [3.63, 3.8) is 0 Å². The maximum absolute atomic E-state index is 12.5. The molecular formula is C14H20N4O. The molecule has 0 aromatic carbocycles. The molecule has 3 rings (SSSR count). The van der Waals surface area contributed by atoms with Crippen molar-refractivity contribution < 1.29 is 4.79 Å². The molecule has 2 aliphatic heterocycles. The SMILES string of the molecule is Nc1cccnc1C(=O)N1CCCN2CCCC2C1. The summed E-state index contributed by atoms with van der Waals surface area (Å²) in [4.78, 5) is 21.1. The lowest BCUT2D eigenvalue weighted by molar-refractivity contribution is 0.0738. The molecule has 5 heteroatoms. The summed E-state index contributed by atoms with van der Waals surface area (Å²) >= 11 is 0. The van der Waals surface area contributed by atoms with Gasteiger partial charge in [-0.2, -0.15) is 0 Å². The van der Waals surface area contributed by atoms with Crippen LogP contribution in [0.15, 0.2) is 18.3 Å². The van der Waals surface area contributed by atoms with Gasteiger partial charge in [-0.15, -0.1) is 0 Å². The number of aromatic nitrogens is 1. The van der Waals surface area contributed by atoms with Crippen molar-refractivity contribution >= 4 is 11.6 Å². The third-order valence-corrected chi connectivity index (χ3v) is 4.13. The topological polar surface area (TPSA) is 62.5 Å². The number of rotatable bonds is 1. The number of pyridine rings is 1. The second kappa shape index (κ2) is 5.17. The van der Waals surface area contributed by atoms with Gasteiger partial charge in [0, 0.05) is 31.9 Å². The van der Waals surface area contributed by atoms with Crippen molar-refractivity contribution in [3.05, 3.63) is 24.0 Å². The summed E-state index contributed by atoms with van der Waals surface area (Å²) < 4.78 is 0. The highest BCUT2D eigenvalue weighted by atomic mass is 16.2. The van der Waals surface area contributed by atoms with Gasteiger partial charge in [0.15, 0.2) is 5.69 Å². The highest BCUT2D eigenvalue weighted by molar-refractivity contribution is 5.97. The van der Waals surface area contributed by atoms with Crippen LogP contribution in [0, 0.1) is 0 Å². The number of nitrogen functional groups attached to an aromatic ring is 1. The third-order valence-electron chi connectivity index (χ3n) is 4.13. The quantitative estimate of drug-likeness (QED) is 0.817. The predicted molar refractivity (Wildman–Crippen MR) is 73.8 cm³/mol. The Hall–Kier alpha value is -1.62. The summed E-state index contributed by atoms with van der Waals surface area (Å²) in [5.74, 6) is -0.0214. The Morgan fingerprint density at radius 1 is 1.32 bits per heavy atom. The second-order valence-electron chi connectivity index (χ2n) is 5.38. The van der Waals surface area contributed by atoms with Gasteiger partial charge in [0.2, 0.25) is 0 Å². The number of fused-ring (bicyclic) bond motifs is 1. The van der Waals surface area contributed by atoms with E-state index in [2.05, 4.69) is 9.88 Å². The van der Waals surface area contributed by atoms with Crippen LogP contribution in [0.3, 0.4) is 0 Å². The first-order chi connectivity index (χ1) is 9.25. The zero-order chi connectivity index (χ0) is 13.2. The first-order valence-electron chi connectivity index (χ1n) is 6.99. The zero-order valence-electron chi connectivity index (χ0n) is 11.1.